The van der Waals surface area contributed by atoms with Crippen molar-refractivity contribution in [1.29, 1.82) is 0 Å². The van der Waals surface area contributed by atoms with Crippen molar-refractivity contribution in [3.05, 3.63) is 39.2 Å². The SMILES string of the molecule is CCC(CC)(CN)C(=O)NCc1nc(-c2ccc(Cl)cc2)c(C)s1. The molecule has 1 aromatic carbocycles. The van der Waals surface area contributed by atoms with Gasteiger partial charge in [0.2, 0.25) is 5.91 Å². The molecule has 0 aliphatic rings. The number of carbonyl (C=O) groups is 1. The quantitative estimate of drug-likeness (QED) is 0.774. The Kier molecular flexibility index (Phi) is 6.38. The Bertz CT molecular complexity index is 685. The molecule has 3 N–H and O–H groups in total. The first kappa shape index (κ1) is 18.9. The molecule has 24 heavy (non-hydrogen) atoms. The molecule has 0 saturated carbocycles. The topological polar surface area (TPSA) is 68.0 Å². The van der Waals surface area contributed by atoms with Crippen molar-refractivity contribution in [1.82, 2.24) is 10.3 Å². The van der Waals surface area contributed by atoms with Crippen molar-refractivity contribution >= 4 is 28.8 Å². The number of nitrogens with one attached hydrogen (secondary N) is 1. The highest BCUT2D eigenvalue weighted by Crippen LogP contribution is 2.29. The number of amides is 1. The lowest BCUT2D eigenvalue weighted by Crippen LogP contribution is -2.45. The number of rotatable bonds is 7. The number of hydrogen-bond donors (Lipinski definition) is 2. The molecule has 0 spiro atoms. The summed E-state index contributed by atoms with van der Waals surface area (Å²) in [4.78, 5) is 18.3. The van der Waals surface area contributed by atoms with Crippen LogP contribution in [-0.4, -0.2) is 17.4 Å². The molecule has 0 aliphatic carbocycles. The summed E-state index contributed by atoms with van der Waals surface area (Å²) in [5, 5.41) is 4.60. The second-order valence-corrected chi connectivity index (χ2v) is 7.62. The molecule has 0 aliphatic heterocycles. The standard InChI is InChI=1S/C18H24ClN3OS/c1-4-18(5-2,11-20)17(23)21-10-15-22-16(12(3)24-15)13-6-8-14(19)9-7-13/h6-9H,4-5,10-11,20H2,1-3H3,(H,21,23). The minimum Gasteiger partial charge on any atom is -0.349 e. The Morgan fingerprint density at radius 2 is 1.92 bits per heavy atom. The van der Waals surface area contributed by atoms with Crippen LogP contribution in [0.1, 0.15) is 36.6 Å². The van der Waals surface area contributed by atoms with Gasteiger partial charge in [0.1, 0.15) is 5.01 Å². The van der Waals surface area contributed by atoms with E-state index in [1.165, 1.54) is 0 Å². The van der Waals surface area contributed by atoms with Crippen LogP contribution in [0.5, 0.6) is 0 Å². The van der Waals surface area contributed by atoms with Gasteiger partial charge in [-0.3, -0.25) is 4.79 Å². The van der Waals surface area contributed by atoms with Crippen molar-refractivity contribution in [2.75, 3.05) is 6.54 Å². The molecule has 2 aromatic rings. The van der Waals surface area contributed by atoms with Gasteiger partial charge >= 0.3 is 0 Å². The lowest BCUT2D eigenvalue weighted by atomic mass is 9.81. The Labute approximate surface area is 152 Å². The minimum absolute atomic E-state index is 0.0101. The third kappa shape index (κ3) is 3.97. The van der Waals surface area contributed by atoms with Crippen LogP contribution in [0.25, 0.3) is 11.3 Å². The smallest absolute Gasteiger partial charge is 0.227 e. The highest BCUT2D eigenvalue weighted by molar-refractivity contribution is 7.12. The number of benzene rings is 1. The first-order valence-corrected chi connectivity index (χ1v) is 9.35. The first-order chi connectivity index (χ1) is 11.5. The summed E-state index contributed by atoms with van der Waals surface area (Å²) in [5.41, 5.74) is 7.32. The van der Waals surface area contributed by atoms with E-state index in [4.69, 9.17) is 17.3 Å². The van der Waals surface area contributed by atoms with Gasteiger partial charge in [-0.05, 0) is 31.9 Å². The lowest BCUT2D eigenvalue weighted by molar-refractivity contribution is -0.131. The van der Waals surface area contributed by atoms with Crippen molar-refractivity contribution in [3.8, 4) is 11.3 Å². The highest BCUT2D eigenvalue weighted by Gasteiger charge is 2.33. The van der Waals surface area contributed by atoms with E-state index >= 15 is 0 Å². The molecule has 0 radical (unpaired) electrons. The van der Waals surface area contributed by atoms with Gasteiger partial charge in [-0.25, -0.2) is 4.98 Å². The molecular formula is C18H24ClN3OS. The first-order valence-electron chi connectivity index (χ1n) is 8.16. The fraction of sp³-hybridized carbons (Fsp3) is 0.444. The second kappa shape index (κ2) is 8.10. The van der Waals surface area contributed by atoms with Crippen LogP contribution in [0.15, 0.2) is 24.3 Å². The summed E-state index contributed by atoms with van der Waals surface area (Å²) in [7, 11) is 0. The molecule has 2 rings (SSSR count). The zero-order valence-electron chi connectivity index (χ0n) is 14.4. The van der Waals surface area contributed by atoms with Gasteiger partial charge in [0.25, 0.3) is 0 Å². The average Bonchev–Trinajstić information content (AvgIpc) is 2.96. The second-order valence-electron chi connectivity index (χ2n) is 5.89. The Morgan fingerprint density at radius 3 is 2.46 bits per heavy atom. The summed E-state index contributed by atoms with van der Waals surface area (Å²) in [5.74, 6) is 0.0101. The largest absolute Gasteiger partial charge is 0.349 e. The summed E-state index contributed by atoms with van der Waals surface area (Å²) in [6, 6.07) is 7.63. The van der Waals surface area contributed by atoms with E-state index in [9.17, 15) is 4.79 Å². The molecule has 4 nitrogen and oxygen atoms in total. The maximum atomic E-state index is 12.5. The highest BCUT2D eigenvalue weighted by atomic mass is 35.5. The molecule has 0 unspecified atom stereocenters. The summed E-state index contributed by atoms with van der Waals surface area (Å²) in [6.45, 7) is 6.83. The number of carbonyl (C=O) groups excluding carboxylic acids is 1. The number of nitrogens with zero attached hydrogens (tertiary/aromatic N) is 1. The fourth-order valence-electron chi connectivity index (χ4n) is 2.70. The van der Waals surface area contributed by atoms with Crippen molar-refractivity contribution in [2.24, 2.45) is 11.1 Å². The van der Waals surface area contributed by atoms with Gasteiger partial charge in [0, 0.05) is 22.0 Å². The van der Waals surface area contributed by atoms with Crippen LogP contribution in [0.3, 0.4) is 0 Å². The number of aromatic nitrogens is 1. The third-order valence-corrected chi connectivity index (χ3v) is 5.81. The van der Waals surface area contributed by atoms with Gasteiger partial charge in [-0.2, -0.15) is 0 Å². The predicted molar refractivity (Wildman–Crippen MR) is 101 cm³/mol. The van der Waals surface area contributed by atoms with Gasteiger partial charge in [-0.15, -0.1) is 11.3 Å². The van der Waals surface area contributed by atoms with E-state index < -0.39 is 5.41 Å². The Balaban J connectivity index is 2.11. The fourth-order valence-corrected chi connectivity index (χ4v) is 3.72. The number of halogens is 1. The van der Waals surface area contributed by atoms with Crippen molar-refractivity contribution < 1.29 is 4.79 Å². The van der Waals surface area contributed by atoms with E-state index in [0.29, 0.717) is 18.1 Å². The van der Waals surface area contributed by atoms with Gasteiger partial charge < -0.3 is 11.1 Å². The zero-order chi connectivity index (χ0) is 17.7. The third-order valence-electron chi connectivity index (χ3n) is 4.58. The number of aryl methyl sites for hydroxylation is 1. The van der Waals surface area contributed by atoms with Crippen LogP contribution in [0.2, 0.25) is 5.02 Å². The van der Waals surface area contributed by atoms with Gasteiger partial charge in [0.15, 0.2) is 0 Å². The Hall–Kier alpha value is -1.43. The molecule has 0 atom stereocenters. The van der Waals surface area contributed by atoms with Crippen LogP contribution >= 0.6 is 22.9 Å². The number of thiazole rings is 1. The number of nitrogens with two attached hydrogens (primary N) is 1. The molecule has 1 amide bonds. The predicted octanol–water partition coefficient (Wildman–Crippen LogP) is 4.15. The number of hydrogen-bond acceptors (Lipinski definition) is 4. The molecular weight excluding hydrogens is 342 g/mol. The van der Waals surface area contributed by atoms with E-state index in [2.05, 4.69) is 10.3 Å². The molecule has 0 bridgehead atoms. The van der Waals surface area contributed by atoms with Crippen molar-refractivity contribution in [2.45, 2.75) is 40.2 Å². The molecule has 1 heterocycles. The molecule has 0 fully saturated rings. The monoisotopic (exact) mass is 365 g/mol. The van der Waals surface area contributed by atoms with Crippen LogP contribution < -0.4 is 11.1 Å². The van der Waals surface area contributed by atoms with Gasteiger partial charge in [-0.1, -0.05) is 37.6 Å². The normalized spacial score (nSPS) is 11.5. The molecule has 1 aromatic heterocycles. The van der Waals surface area contributed by atoms with E-state index in [-0.39, 0.29) is 5.91 Å². The maximum Gasteiger partial charge on any atom is 0.227 e. The molecule has 6 heteroatoms. The van der Waals surface area contributed by atoms with Crippen LogP contribution in [-0.2, 0) is 11.3 Å². The summed E-state index contributed by atoms with van der Waals surface area (Å²) in [6.07, 6.45) is 1.47. The Morgan fingerprint density at radius 1 is 1.29 bits per heavy atom. The van der Waals surface area contributed by atoms with Gasteiger partial charge in [0.05, 0.1) is 17.7 Å². The van der Waals surface area contributed by atoms with Crippen molar-refractivity contribution in [3.63, 3.8) is 0 Å². The zero-order valence-corrected chi connectivity index (χ0v) is 15.9. The van der Waals surface area contributed by atoms with E-state index in [1.54, 1.807) is 11.3 Å². The summed E-state index contributed by atoms with van der Waals surface area (Å²) >= 11 is 7.54. The molecule has 130 valence electrons. The maximum absolute atomic E-state index is 12.5. The lowest BCUT2D eigenvalue weighted by Gasteiger charge is -2.28. The van der Waals surface area contributed by atoms with E-state index in [0.717, 1.165) is 34.0 Å². The van der Waals surface area contributed by atoms with Crippen LogP contribution in [0.4, 0.5) is 0 Å². The average molecular weight is 366 g/mol. The molecule has 0 saturated heterocycles. The van der Waals surface area contributed by atoms with Crippen LogP contribution in [0, 0.1) is 12.3 Å². The van der Waals surface area contributed by atoms with E-state index in [1.807, 2.05) is 45.0 Å². The minimum atomic E-state index is -0.481. The summed E-state index contributed by atoms with van der Waals surface area (Å²) < 4.78 is 0.